The highest BCUT2D eigenvalue weighted by Gasteiger charge is 2.22. The van der Waals surface area contributed by atoms with Crippen molar-refractivity contribution in [1.82, 2.24) is 0 Å². The van der Waals surface area contributed by atoms with E-state index in [-0.39, 0.29) is 12.8 Å². The zero-order chi connectivity index (χ0) is 14.4. The molecule has 0 aromatic rings. The van der Waals surface area contributed by atoms with Gasteiger partial charge in [-0.2, -0.15) is 10.2 Å². The third-order valence-corrected chi connectivity index (χ3v) is 2.49. The van der Waals surface area contributed by atoms with Crippen molar-refractivity contribution in [1.29, 1.82) is 0 Å². The predicted octanol–water partition coefficient (Wildman–Crippen LogP) is 2.73. The largest absolute Gasteiger partial charge is 0.481 e. The van der Waals surface area contributed by atoms with Crippen LogP contribution in [-0.2, 0) is 9.59 Å². The summed E-state index contributed by atoms with van der Waals surface area (Å²) in [7, 11) is 0. The maximum absolute atomic E-state index is 10.5. The Labute approximate surface area is 107 Å². The highest BCUT2D eigenvalue weighted by atomic mass is 16.4. The van der Waals surface area contributed by atoms with Gasteiger partial charge in [-0.05, 0) is 40.5 Å². The van der Waals surface area contributed by atoms with E-state index in [0.717, 1.165) is 0 Å². The van der Waals surface area contributed by atoms with Gasteiger partial charge in [0.05, 0.1) is 11.1 Å². The maximum atomic E-state index is 10.5. The van der Waals surface area contributed by atoms with Gasteiger partial charge in [-0.15, -0.1) is 0 Å². The lowest BCUT2D eigenvalue weighted by Gasteiger charge is -2.22. The minimum Gasteiger partial charge on any atom is -0.481 e. The number of rotatable bonds is 8. The Hall–Kier alpha value is -1.46. The molecule has 0 aliphatic carbocycles. The number of aliphatic carboxylic acids is 2. The zero-order valence-corrected chi connectivity index (χ0v) is 11.4. The summed E-state index contributed by atoms with van der Waals surface area (Å²) in [5.74, 6) is -1.72. The van der Waals surface area contributed by atoms with E-state index in [1.807, 2.05) is 27.7 Å². The van der Waals surface area contributed by atoms with E-state index in [4.69, 9.17) is 10.2 Å². The van der Waals surface area contributed by atoms with Crippen LogP contribution in [0.1, 0.15) is 53.4 Å². The van der Waals surface area contributed by atoms with Gasteiger partial charge in [0, 0.05) is 12.8 Å². The first-order valence-corrected chi connectivity index (χ1v) is 5.92. The summed E-state index contributed by atoms with van der Waals surface area (Å²) in [5.41, 5.74) is -1.09. The fourth-order valence-corrected chi connectivity index (χ4v) is 1.20. The molecule has 0 saturated heterocycles. The first-order chi connectivity index (χ1) is 8.04. The average molecular weight is 258 g/mol. The quantitative estimate of drug-likeness (QED) is 0.654. The van der Waals surface area contributed by atoms with Crippen molar-refractivity contribution in [3.63, 3.8) is 0 Å². The summed E-state index contributed by atoms with van der Waals surface area (Å²) in [6, 6.07) is 0. The minimum atomic E-state index is -0.858. The summed E-state index contributed by atoms with van der Waals surface area (Å²) in [5, 5.41) is 25.5. The molecule has 0 fully saturated rings. The summed E-state index contributed by atoms with van der Waals surface area (Å²) in [4.78, 5) is 21.0. The van der Waals surface area contributed by atoms with Crippen LogP contribution < -0.4 is 0 Å². The topological polar surface area (TPSA) is 99.3 Å². The first kappa shape index (κ1) is 16.5. The molecule has 0 saturated carbocycles. The van der Waals surface area contributed by atoms with Crippen molar-refractivity contribution in [2.45, 2.75) is 64.5 Å². The normalized spacial score (nSPS) is 12.9. The van der Waals surface area contributed by atoms with E-state index in [1.54, 1.807) is 0 Å². The Kier molecular flexibility index (Phi) is 5.94. The number of carboxylic acids is 2. The van der Waals surface area contributed by atoms with Crippen LogP contribution >= 0.6 is 0 Å². The molecule has 0 radical (unpaired) electrons. The Balaban J connectivity index is 4.40. The van der Waals surface area contributed by atoms with E-state index >= 15 is 0 Å². The standard InChI is InChI=1S/C12H22N2O4/c1-11(2,7-5-9(15)16)13-14-12(3,4)8-6-10(17)18/h5-8H2,1-4H3,(H,15,16)(H,17,18). The lowest BCUT2D eigenvalue weighted by atomic mass is 9.98. The Morgan fingerprint density at radius 3 is 1.33 bits per heavy atom. The van der Waals surface area contributed by atoms with Gasteiger partial charge in [-0.3, -0.25) is 9.59 Å². The van der Waals surface area contributed by atoms with Crippen LogP contribution in [0.5, 0.6) is 0 Å². The van der Waals surface area contributed by atoms with E-state index in [1.165, 1.54) is 0 Å². The van der Waals surface area contributed by atoms with Crippen LogP contribution in [-0.4, -0.2) is 33.2 Å². The Bertz CT molecular complexity index is 303. The number of hydrogen-bond acceptors (Lipinski definition) is 4. The van der Waals surface area contributed by atoms with Gasteiger partial charge in [0.1, 0.15) is 0 Å². The lowest BCUT2D eigenvalue weighted by Crippen LogP contribution is -2.22. The number of hydrogen-bond donors (Lipinski definition) is 2. The molecule has 0 amide bonds. The first-order valence-electron chi connectivity index (χ1n) is 5.92. The van der Waals surface area contributed by atoms with E-state index in [2.05, 4.69) is 10.2 Å². The van der Waals surface area contributed by atoms with Crippen molar-refractivity contribution < 1.29 is 19.8 Å². The van der Waals surface area contributed by atoms with Gasteiger partial charge in [0.15, 0.2) is 0 Å². The van der Waals surface area contributed by atoms with Gasteiger partial charge < -0.3 is 10.2 Å². The van der Waals surface area contributed by atoms with Gasteiger partial charge >= 0.3 is 11.9 Å². The molecule has 0 aliphatic heterocycles. The molecule has 0 aliphatic rings. The predicted molar refractivity (Wildman–Crippen MR) is 66.8 cm³/mol. The average Bonchev–Trinajstić information content (AvgIpc) is 2.22. The minimum absolute atomic E-state index is 0.0432. The van der Waals surface area contributed by atoms with Crippen LogP contribution in [0.15, 0.2) is 10.2 Å². The summed E-state index contributed by atoms with van der Waals surface area (Å²) in [6.45, 7) is 7.25. The second kappa shape index (κ2) is 6.47. The molecule has 0 heterocycles. The summed E-state index contributed by atoms with van der Waals surface area (Å²) in [6.07, 6.45) is 0.894. The summed E-state index contributed by atoms with van der Waals surface area (Å²) < 4.78 is 0. The molecular formula is C12H22N2O4. The SMILES string of the molecule is CC(C)(CCC(=O)O)N=NC(C)(C)CCC(=O)O. The van der Waals surface area contributed by atoms with Crippen molar-refractivity contribution in [2.24, 2.45) is 10.2 Å². The molecule has 0 rings (SSSR count). The Morgan fingerprint density at radius 2 is 1.11 bits per heavy atom. The maximum Gasteiger partial charge on any atom is 0.303 e. The molecule has 0 aromatic carbocycles. The Morgan fingerprint density at radius 1 is 0.833 bits per heavy atom. The van der Waals surface area contributed by atoms with Gasteiger partial charge in [0.25, 0.3) is 0 Å². The van der Waals surface area contributed by atoms with Gasteiger partial charge in [-0.25, -0.2) is 0 Å². The number of azo groups is 1. The zero-order valence-electron chi connectivity index (χ0n) is 11.4. The highest BCUT2D eigenvalue weighted by molar-refractivity contribution is 5.67. The van der Waals surface area contributed by atoms with Crippen molar-refractivity contribution in [2.75, 3.05) is 0 Å². The summed E-state index contributed by atoms with van der Waals surface area (Å²) >= 11 is 0. The second-order valence-electron chi connectivity index (χ2n) is 5.61. The van der Waals surface area contributed by atoms with Crippen molar-refractivity contribution in [3.05, 3.63) is 0 Å². The molecule has 0 spiro atoms. The van der Waals surface area contributed by atoms with E-state index in [9.17, 15) is 9.59 Å². The second-order valence-corrected chi connectivity index (χ2v) is 5.61. The van der Waals surface area contributed by atoms with Gasteiger partial charge in [-0.1, -0.05) is 0 Å². The van der Waals surface area contributed by atoms with Crippen LogP contribution in [0, 0.1) is 0 Å². The van der Waals surface area contributed by atoms with E-state index < -0.39 is 23.0 Å². The van der Waals surface area contributed by atoms with Crippen LogP contribution in [0.3, 0.4) is 0 Å². The smallest absolute Gasteiger partial charge is 0.303 e. The monoisotopic (exact) mass is 258 g/mol. The molecule has 104 valence electrons. The number of carbonyl (C=O) groups is 2. The highest BCUT2D eigenvalue weighted by Crippen LogP contribution is 2.23. The molecule has 0 bridgehead atoms. The van der Waals surface area contributed by atoms with E-state index in [0.29, 0.717) is 12.8 Å². The molecule has 0 atom stereocenters. The van der Waals surface area contributed by atoms with Crippen LogP contribution in [0.25, 0.3) is 0 Å². The van der Waals surface area contributed by atoms with Crippen molar-refractivity contribution in [3.8, 4) is 0 Å². The molecule has 0 aromatic heterocycles. The molecule has 0 unspecified atom stereocenters. The van der Waals surface area contributed by atoms with Crippen LogP contribution in [0.4, 0.5) is 0 Å². The molecular weight excluding hydrogens is 236 g/mol. The van der Waals surface area contributed by atoms with Crippen LogP contribution in [0.2, 0.25) is 0 Å². The lowest BCUT2D eigenvalue weighted by molar-refractivity contribution is -0.138. The molecule has 6 nitrogen and oxygen atoms in total. The fraction of sp³-hybridized carbons (Fsp3) is 0.833. The molecule has 18 heavy (non-hydrogen) atoms. The third kappa shape index (κ3) is 8.66. The van der Waals surface area contributed by atoms with Crippen molar-refractivity contribution >= 4 is 11.9 Å². The third-order valence-electron chi connectivity index (χ3n) is 2.49. The number of carboxylic acid groups (broad SMARTS) is 2. The molecule has 2 N–H and O–H groups in total. The fourth-order valence-electron chi connectivity index (χ4n) is 1.20. The number of nitrogens with zero attached hydrogens (tertiary/aromatic N) is 2. The molecule has 6 heteroatoms. The van der Waals surface area contributed by atoms with Gasteiger partial charge in [0.2, 0.25) is 0 Å².